The molecule has 0 spiro atoms. The van der Waals surface area contributed by atoms with E-state index in [0.29, 0.717) is 11.3 Å². The van der Waals surface area contributed by atoms with Crippen molar-refractivity contribution in [2.45, 2.75) is 45.6 Å². The molecule has 178 valence electrons. The predicted octanol–water partition coefficient (Wildman–Crippen LogP) is 5.77. The first-order valence-corrected chi connectivity index (χ1v) is 12.2. The molecule has 0 aliphatic heterocycles. The van der Waals surface area contributed by atoms with Crippen LogP contribution in [0, 0.1) is 24.0 Å². The standard InChI is InChI=1S/C25H26F2N4O2S/c1-15-6-8-18(9-7-15)34(32,33)31-14-20(19-10-17(26)12-29-24(19)31)22-11-23(21(27)13-28-22)30-16(2)25(3,4)5/h6-14,16H,1-5H3,(H,28,30)/t16-/m0/s1. The fourth-order valence-corrected chi connectivity index (χ4v) is 4.74. The smallest absolute Gasteiger partial charge is 0.269 e. The van der Waals surface area contributed by atoms with E-state index in [1.807, 2.05) is 34.6 Å². The average molecular weight is 485 g/mol. The molecule has 4 rings (SSSR count). The van der Waals surface area contributed by atoms with E-state index in [1.54, 1.807) is 12.1 Å². The monoisotopic (exact) mass is 484 g/mol. The Balaban J connectivity index is 1.89. The second-order valence-corrected chi connectivity index (χ2v) is 11.3. The number of aryl methyl sites for hydroxylation is 1. The van der Waals surface area contributed by atoms with Crippen LogP contribution < -0.4 is 5.32 Å². The number of aromatic nitrogens is 3. The van der Waals surface area contributed by atoms with Crippen LogP contribution in [-0.2, 0) is 10.0 Å². The molecular weight excluding hydrogens is 458 g/mol. The zero-order valence-corrected chi connectivity index (χ0v) is 20.4. The summed E-state index contributed by atoms with van der Waals surface area (Å²) in [7, 11) is -4.02. The maximum absolute atomic E-state index is 14.6. The van der Waals surface area contributed by atoms with Crippen molar-refractivity contribution in [3.8, 4) is 11.3 Å². The van der Waals surface area contributed by atoms with Gasteiger partial charge in [-0.3, -0.25) is 4.98 Å². The van der Waals surface area contributed by atoms with Gasteiger partial charge in [-0.05, 0) is 43.5 Å². The Labute approximate surface area is 197 Å². The van der Waals surface area contributed by atoms with Crippen molar-refractivity contribution >= 4 is 26.7 Å². The number of rotatable bonds is 5. The van der Waals surface area contributed by atoms with E-state index in [1.165, 1.54) is 30.5 Å². The van der Waals surface area contributed by atoms with E-state index in [2.05, 4.69) is 15.3 Å². The lowest BCUT2D eigenvalue weighted by Gasteiger charge is -2.29. The Morgan fingerprint density at radius 1 is 1.03 bits per heavy atom. The molecule has 0 unspecified atom stereocenters. The molecular formula is C25H26F2N4O2S. The molecule has 0 aliphatic rings. The summed E-state index contributed by atoms with van der Waals surface area (Å²) in [6, 6.07) is 9.04. The largest absolute Gasteiger partial charge is 0.380 e. The second kappa shape index (κ2) is 8.47. The topological polar surface area (TPSA) is 76.9 Å². The van der Waals surface area contributed by atoms with Gasteiger partial charge in [0.15, 0.2) is 11.5 Å². The number of fused-ring (bicyclic) bond motifs is 1. The third kappa shape index (κ3) is 4.40. The van der Waals surface area contributed by atoms with Crippen LogP contribution in [0.15, 0.2) is 59.9 Å². The highest BCUT2D eigenvalue weighted by molar-refractivity contribution is 7.90. The molecule has 0 radical (unpaired) electrons. The number of nitrogens with one attached hydrogen (secondary N) is 1. The first-order chi connectivity index (χ1) is 15.9. The number of halogens is 2. The molecule has 9 heteroatoms. The number of benzene rings is 1. The summed E-state index contributed by atoms with van der Waals surface area (Å²) < 4.78 is 56.5. The van der Waals surface area contributed by atoms with Crippen LogP contribution in [0.25, 0.3) is 22.3 Å². The molecule has 6 nitrogen and oxygen atoms in total. The molecule has 3 heterocycles. The zero-order chi connectivity index (χ0) is 24.8. The average Bonchev–Trinajstić information content (AvgIpc) is 3.14. The van der Waals surface area contributed by atoms with Gasteiger partial charge in [0.1, 0.15) is 5.82 Å². The van der Waals surface area contributed by atoms with Crippen molar-refractivity contribution in [3.05, 3.63) is 72.2 Å². The van der Waals surface area contributed by atoms with Gasteiger partial charge >= 0.3 is 0 Å². The van der Waals surface area contributed by atoms with Gasteiger partial charge in [-0.2, -0.15) is 0 Å². The third-order valence-corrected chi connectivity index (χ3v) is 7.62. The van der Waals surface area contributed by atoms with Crippen molar-refractivity contribution < 1.29 is 17.2 Å². The quantitative estimate of drug-likeness (QED) is 0.389. The summed E-state index contributed by atoms with van der Waals surface area (Å²) in [5.74, 6) is -1.17. The molecule has 1 atom stereocenters. The van der Waals surface area contributed by atoms with E-state index >= 15 is 0 Å². The van der Waals surface area contributed by atoms with Gasteiger partial charge in [0.25, 0.3) is 10.0 Å². The van der Waals surface area contributed by atoms with Crippen LogP contribution in [0.5, 0.6) is 0 Å². The Morgan fingerprint density at radius 2 is 1.71 bits per heavy atom. The Kier molecular flexibility index (Phi) is 5.93. The first-order valence-electron chi connectivity index (χ1n) is 10.8. The number of anilines is 1. The summed E-state index contributed by atoms with van der Waals surface area (Å²) in [5.41, 5.74) is 1.67. The number of nitrogens with zero attached hydrogens (tertiary/aromatic N) is 3. The van der Waals surface area contributed by atoms with Crippen molar-refractivity contribution in [1.82, 2.24) is 13.9 Å². The van der Waals surface area contributed by atoms with Crippen molar-refractivity contribution in [1.29, 1.82) is 0 Å². The predicted molar refractivity (Wildman–Crippen MR) is 129 cm³/mol. The van der Waals surface area contributed by atoms with E-state index in [0.717, 1.165) is 21.9 Å². The first kappa shape index (κ1) is 23.8. The van der Waals surface area contributed by atoms with Gasteiger partial charge in [0.2, 0.25) is 0 Å². The van der Waals surface area contributed by atoms with E-state index in [4.69, 9.17) is 0 Å². The molecule has 0 bridgehead atoms. The van der Waals surface area contributed by atoms with Crippen LogP contribution in [0.3, 0.4) is 0 Å². The van der Waals surface area contributed by atoms with Crippen LogP contribution in [0.2, 0.25) is 0 Å². The lowest BCUT2D eigenvalue weighted by molar-refractivity contribution is 0.358. The fraction of sp³-hybridized carbons (Fsp3) is 0.280. The molecule has 34 heavy (non-hydrogen) atoms. The highest BCUT2D eigenvalue weighted by Crippen LogP contribution is 2.34. The molecule has 0 saturated carbocycles. The second-order valence-electron chi connectivity index (χ2n) is 9.46. The van der Waals surface area contributed by atoms with Crippen LogP contribution >= 0.6 is 0 Å². The van der Waals surface area contributed by atoms with Crippen molar-refractivity contribution in [2.75, 3.05) is 5.32 Å². The van der Waals surface area contributed by atoms with Crippen LogP contribution in [0.1, 0.15) is 33.3 Å². The molecule has 0 saturated heterocycles. The van der Waals surface area contributed by atoms with Gasteiger partial charge in [-0.15, -0.1) is 0 Å². The SMILES string of the molecule is Cc1ccc(S(=O)(=O)n2cc(-c3cc(N[C@@H](C)C(C)(C)C)c(F)cn3)c3cc(F)cnc32)cc1. The molecule has 0 aliphatic carbocycles. The van der Waals surface area contributed by atoms with Gasteiger partial charge in [-0.25, -0.2) is 26.2 Å². The lowest BCUT2D eigenvalue weighted by atomic mass is 9.88. The van der Waals surface area contributed by atoms with Gasteiger partial charge < -0.3 is 5.32 Å². The number of hydrogen-bond donors (Lipinski definition) is 1. The van der Waals surface area contributed by atoms with E-state index in [9.17, 15) is 17.2 Å². The molecule has 4 aromatic rings. The number of pyridine rings is 2. The van der Waals surface area contributed by atoms with Gasteiger partial charge in [0.05, 0.1) is 28.7 Å². The summed E-state index contributed by atoms with van der Waals surface area (Å²) in [6.45, 7) is 9.89. The minimum Gasteiger partial charge on any atom is -0.380 e. The number of hydrogen-bond acceptors (Lipinski definition) is 5. The van der Waals surface area contributed by atoms with Crippen molar-refractivity contribution in [2.24, 2.45) is 5.41 Å². The molecule has 0 amide bonds. The highest BCUT2D eigenvalue weighted by atomic mass is 32.2. The van der Waals surface area contributed by atoms with E-state index < -0.39 is 21.7 Å². The van der Waals surface area contributed by atoms with Gasteiger partial charge in [-0.1, -0.05) is 38.5 Å². The normalized spacial score (nSPS) is 13.3. The molecule has 1 aromatic carbocycles. The van der Waals surface area contributed by atoms with Crippen LogP contribution in [-0.4, -0.2) is 28.4 Å². The van der Waals surface area contributed by atoms with Crippen molar-refractivity contribution in [3.63, 3.8) is 0 Å². The van der Waals surface area contributed by atoms with Crippen LogP contribution in [0.4, 0.5) is 14.5 Å². The molecule has 0 fully saturated rings. The van der Waals surface area contributed by atoms with E-state index in [-0.39, 0.29) is 33.1 Å². The molecule has 3 aromatic heterocycles. The minimum atomic E-state index is -4.02. The minimum absolute atomic E-state index is 0.0562. The summed E-state index contributed by atoms with van der Waals surface area (Å²) in [4.78, 5) is 8.28. The maximum Gasteiger partial charge on any atom is 0.269 e. The third-order valence-electron chi connectivity index (χ3n) is 5.96. The summed E-state index contributed by atoms with van der Waals surface area (Å²) in [6.07, 6.45) is 3.38. The Hall–Kier alpha value is -3.33. The summed E-state index contributed by atoms with van der Waals surface area (Å²) >= 11 is 0. The zero-order valence-electron chi connectivity index (χ0n) is 19.6. The lowest BCUT2D eigenvalue weighted by Crippen LogP contribution is -2.31. The Morgan fingerprint density at radius 3 is 2.35 bits per heavy atom. The molecule has 1 N–H and O–H groups in total. The summed E-state index contributed by atoms with van der Waals surface area (Å²) in [5, 5.41) is 3.41. The maximum atomic E-state index is 14.6. The highest BCUT2D eigenvalue weighted by Gasteiger charge is 2.25. The van der Waals surface area contributed by atoms with Gasteiger partial charge in [0, 0.05) is 23.2 Å². The Bertz CT molecular complexity index is 1470. The fourth-order valence-electron chi connectivity index (χ4n) is 3.41.